The summed E-state index contributed by atoms with van der Waals surface area (Å²) in [5.41, 5.74) is 4.61. The highest BCUT2D eigenvalue weighted by atomic mass is 32.1. The molecule has 0 radical (unpaired) electrons. The molecule has 214 valence electrons. The van der Waals surface area contributed by atoms with Gasteiger partial charge in [0.2, 0.25) is 11.8 Å². The van der Waals surface area contributed by atoms with Gasteiger partial charge in [-0.15, -0.1) is 11.3 Å². The van der Waals surface area contributed by atoms with E-state index in [9.17, 15) is 14.0 Å². The Labute approximate surface area is 242 Å². The number of carbonyl (C=O) groups is 2. The van der Waals surface area contributed by atoms with Crippen molar-refractivity contribution in [2.75, 3.05) is 56.1 Å². The quantitative estimate of drug-likeness (QED) is 0.338. The van der Waals surface area contributed by atoms with Crippen LogP contribution in [0.3, 0.4) is 0 Å². The molecule has 1 aromatic carbocycles. The van der Waals surface area contributed by atoms with Crippen molar-refractivity contribution >= 4 is 45.4 Å². The van der Waals surface area contributed by atoms with Crippen LogP contribution >= 0.6 is 11.3 Å². The van der Waals surface area contributed by atoms with Gasteiger partial charge in [0.05, 0.1) is 23.0 Å². The topological polar surface area (TPSA) is 77.3 Å². The molecule has 1 atom stereocenters. The Morgan fingerprint density at radius 1 is 1.02 bits per heavy atom. The van der Waals surface area contributed by atoms with Gasteiger partial charge in [-0.2, -0.15) is 0 Å². The maximum absolute atomic E-state index is 13.4. The van der Waals surface area contributed by atoms with Crippen molar-refractivity contribution < 1.29 is 14.0 Å². The summed E-state index contributed by atoms with van der Waals surface area (Å²) >= 11 is 1.54. The number of likely N-dealkylation sites (tertiary alicyclic amines) is 1. The zero-order chi connectivity index (χ0) is 28.7. The SMILES string of the molecule is CCc1nc2ccc(N3CCN(C(=O)C4CCN(C(C)=O)C4)CC3)cn2c1N(C)c1nc(-c2ccc(F)cc2)cs1. The Morgan fingerprint density at radius 2 is 1.78 bits per heavy atom. The molecule has 2 aliphatic heterocycles. The van der Waals surface area contributed by atoms with E-state index in [4.69, 9.17) is 9.97 Å². The molecule has 2 aliphatic rings. The molecule has 0 saturated carbocycles. The van der Waals surface area contributed by atoms with Gasteiger partial charge < -0.3 is 19.6 Å². The number of thiazole rings is 1. The minimum Gasteiger partial charge on any atom is -0.367 e. The Balaban J connectivity index is 1.20. The van der Waals surface area contributed by atoms with Crippen molar-refractivity contribution in [3.8, 4) is 11.3 Å². The van der Waals surface area contributed by atoms with Crippen LogP contribution < -0.4 is 9.80 Å². The van der Waals surface area contributed by atoms with Gasteiger partial charge in [-0.25, -0.2) is 14.4 Å². The van der Waals surface area contributed by atoms with Crippen LogP contribution in [0.2, 0.25) is 0 Å². The van der Waals surface area contributed by atoms with Crippen LogP contribution in [-0.2, 0) is 16.0 Å². The molecular formula is C30H34FN7O2S. The smallest absolute Gasteiger partial charge is 0.227 e. The maximum atomic E-state index is 13.4. The first-order chi connectivity index (χ1) is 19.8. The third-order valence-electron chi connectivity index (χ3n) is 8.16. The second kappa shape index (κ2) is 11.1. The fourth-order valence-corrected chi connectivity index (χ4v) is 6.60. The highest BCUT2D eigenvalue weighted by Crippen LogP contribution is 2.34. The standard InChI is InChI=1S/C30H34FN7O2S/c1-4-25-28(34(3)30-33-26(19-41-30)21-5-7-23(31)8-6-21)38-18-24(9-10-27(38)32-25)35-13-15-36(16-14-35)29(40)22-11-12-37(17-22)20(2)39/h5-10,18-19,22H,4,11-17H2,1-3H3. The van der Waals surface area contributed by atoms with Crippen LogP contribution in [0.15, 0.2) is 48.0 Å². The zero-order valence-corrected chi connectivity index (χ0v) is 24.4. The molecular weight excluding hydrogens is 541 g/mol. The Bertz CT molecular complexity index is 1580. The van der Waals surface area contributed by atoms with Crippen molar-refractivity contribution in [1.29, 1.82) is 0 Å². The molecule has 4 aromatic rings. The number of amides is 2. The van der Waals surface area contributed by atoms with E-state index < -0.39 is 0 Å². The second-order valence-corrected chi connectivity index (χ2v) is 11.5. The lowest BCUT2D eigenvalue weighted by Crippen LogP contribution is -2.50. The van der Waals surface area contributed by atoms with Crippen molar-refractivity contribution in [3.05, 3.63) is 59.5 Å². The lowest BCUT2D eigenvalue weighted by molar-refractivity contribution is -0.135. The average Bonchev–Trinajstić information content (AvgIpc) is 3.75. The van der Waals surface area contributed by atoms with Crippen LogP contribution in [0.25, 0.3) is 16.9 Å². The van der Waals surface area contributed by atoms with Gasteiger partial charge in [0.1, 0.15) is 17.3 Å². The molecule has 11 heteroatoms. The van der Waals surface area contributed by atoms with Crippen LogP contribution in [0.5, 0.6) is 0 Å². The number of piperazine rings is 1. The molecule has 0 bridgehead atoms. The Kier molecular flexibility index (Phi) is 7.37. The second-order valence-electron chi connectivity index (χ2n) is 10.7. The van der Waals surface area contributed by atoms with Crippen LogP contribution in [0.4, 0.5) is 21.0 Å². The largest absolute Gasteiger partial charge is 0.367 e. The van der Waals surface area contributed by atoms with Gasteiger partial charge in [0.25, 0.3) is 0 Å². The highest BCUT2D eigenvalue weighted by molar-refractivity contribution is 7.14. The molecule has 2 saturated heterocycles. The molecule has 2 fully saturated rings. The zero-order valence-electron chi connectivity index (χ0n) is 23.6. The van der Waals surface area contributed by atoms with Gasteiger partial charge in [-0.05, 0) is 49.2 Å². The van der Waals surface area contributed by atoms with E-state index in [2.05, 4.69) is 33.4 Å². The van der Waals surface area contributed by atoms with E-state index in [1.165, 1.54) is 12.1 Å². The number of aromatic nitrogens is 3. The number of pyridine rings is 1. The van der Waals surface area contributed by atoms with Crippen molar-refractivity contribution in [2.24, 2.45) is 5.92 Å². The summed E-state index contributed by atoms with van der Waals surface area (Å²) in [7, 11) is 2.00. The van der Waals surface area contributed by atoms with Crippen LogP contribution in [-0.4, -0.2) is 82.3 Å². The molecule has 0 aliphatic carbocycles. The first-order valence-corrected chi connectivity index (χ1v) is 15.0. The summed E-state index contributed by atoms with van der Waals surface area (Å²) in [4.78, 5) is 42.7. The molecule has 3 aromatic heterocycles. The normalized spacial score (nSPS) is 17.5. The van der Waals surface area contributed by atoms with Crippen molar-refractivity contribution in [2.45, 2.75) is 26.7 Å². The summed E-state index contributed by atoms with van der Waals surface area (Å²) in [5.74, 6) is 0.818. The predicted octanol–water partition coefficient (Wildman–Crippen LogP) is 4.44. The summed E-state index contributed by atoms with van der Waals surface area (Å²) in [6, 6.07) is 10.5. The molecule has 2 amide bonds. The fourth-order valence-electron chi connectivity index (χ4n) is 5.80. The number of rotatable bonds is 6. The lowest BCUT2D eigenvalue weighted by Gasteiger charge is -2.37. The Morgan fingerprint density at radius 3 is 2.46 bits per heavy atom. The minimum atomic E-state index is -0.265. The number of hydrogen-bond donors (Lipinski definition) is 0. The number of carbonyl (C=O) groups excluding carboxylic acids is 2. The lowest BCUT2D eigenvalue weighted by atomic mass is 10.1. The number of hydrogen-bond acceptors (Lipinski definition) is 7. The number of anilines is 3. The van der Waals surface area contributed by atoms with Crippen molar-refractivity contribution in [1.82, 2.24) is 24.2 Å². The first-order valence-electron chi connectivity index (χ1n) is 14.1. The van der Waals surface area contributed by atoms with Crippen molar-refractivity contribution in [3.63, 3.8) is 0 Å². The van der Waals surface area contributed by atoms with E-state index in [0.717, 1.165) is 65.2 Å². The van der Waals surface area contributed by atoms with Gasteiger partial charge >= 0.3 is 0 Å². The predicted molar refractivity (Wildman–Crippen MR) is 159 cm³/mol. The van der Waals surface area contributed by atoms with E-state index in [-0.39, 0.29) is 23.5 Å². The molecule has 0 spiro atoms. The number of halogens is 1. The maximum Gasteiger partial charge on any atom is 0.227 e. The van der Waals surface area contributed by atoms with Gasteiger partial charge in [-0.1, -0.05) is 6.92 Å². The third kappa shape index (κ3) is 5.26. The van der Waals surface area contributed by atoms with Gasteiger partial charge in [0, 0.05) is 70.4 Å². The molecule has 1 unspecified atom stereocenters. The van der Waals surface area contributed by atoms with Gasteiger partial charge in [0.15, 0.2) is 5.13 Å². The number of fused-ring (bicyclic) bond motifs is 1. The number of aryl methyl sites for hydroxylation is 1. The highest BCUT2D eigenvalue weighted by Gasteiger charge is 2.34. The average molecular weight is 576 g/mol. The molecule has 6 rings (SSSR count). The van der Waals surface area contributed by atoms with Gasteiger partial charge in [-0.3, -0.25) is 14.0 Å². The Hall–Kier alpha value is -3.99. The van der Waals surface area contributed by atoms with E-state index in [1.807, 2.05) is 23.4 Å². The number of benzene rings is 1. The number of imidazole rings is 1. The molecule has 0 N–H and O–H groups in total. The molecule has 5 heterocycles. The van der Waals surface area contributed by atoms with Crippen LogP contribution in [0.1, 0.15) is 26.0 Å². The van der Waals surface area contributed by atoms with E-state index >= 15 is 0 Å². The van der Waals surface area contributed by atoms with E-state index in [0.29, 0.717) is 26.2 Å². The summed E-state index contributed by atoms with van der Waals surface area (Å²) in [6.45, 7) is 7.68. The summed E-state index contributed by atoms with van der Waals surface area (Å²) in [6.07, 6.45) is 3.65. The molecule has 9 nitrogen and oxygen atoms in total. The molecule has 41 heavy (non-hydrogen) atoms. The van der Waals surface area contributed by atoms with Crippen LogP contribution in [0, 0.1) is 11.7 Å². The monoisotopic (exact) mass is 575 g/mol. The first kappa shape index (κ1) is 27.2. The third-order valence-corrected chi connectivity index (χ3v) is 9.08. The minimum absolute atomic E-state index is 0.0411. The summed E-state index contributed by atoms with van der Waals surface area (Å²) in [5, 5.41) is 2.82. The number of nitrogens with zero attached hydrogens (tertiary/aromatic N) is 7. The van der Waals surface area contributed by atoms with E-state index in [1.54, 1.807) is 35.3 Å². The fraction of sp³-hybridized carbons (Fsp3) is 0.400. The summed E-state index contributed by atoms with van der Waals surface area (Å²) < 4.78 is 15.5.